The Bertz CT molecular complexity index is 968. The molecule has 26 heavy (non-hydrogen) atoms. The second-order valence-electron chi connectivity index (χ2n) is 5.71. The fraction of sp³-hybridized carbons (Fsp3) is 0.176. The Morgan fingerprint density at radius 3 is 2.54 bits per heavy atom. The van der Waals surface area contributed by atoms with Crippen LogP contribution < -0.4 is 15.0 Å². The van der Waals surface area contributed by atoms with Crippen LogP contribution >= 0.6 is 12.2 Å². The third-order valence-electron chi connectivity index (χ3n) is 4.01. The summed E-state index contributed by atoms with van der Waals surface area (Å²) < 4.78 is 42.6. The lowest BCUT2D eigenvalue weighted by Gasteiger charge is -2.18. The van der Waals surface area contributed by atoms with E-state index in [2.05, 4.69) is 19.6 Å². The van der Waals surface area contributed by atoms with Crippen LogP contribution in [0.1, 0.15) is 0 Å². The number of hydrogen-bond donors (Lipinski definition) is 1. The van der Waals surface area contributed by atoms with Gasteiger partial charge in [-0.2, -0.15) is 0 Å². The van der Waals surface area contributed by atoms with Crippen LogP contribution in [-0.2, 0) is 6.54 Å². The van der Waals surface area contributed by atoms with Gasteiger partial charge in [-0.25, -0.2) is 4.98 Å². The molecule has 0 aliphatic carbocycles. The molecule has 0 atom stereocenters. The van der Waals surface area contributed by atoms with Gasteiger partial charge in [0.05, 0.1) is 11.0 Å². The fourth-order valence-electron chi connectivity index (χ4n) is 2.91. The Morgan fingerprint density at radius 1 is 1.08 bits per heavy atom. The average molecular weight is 378 g/mol. The number of halogens is 3. The molecule has 4 rings (SSSR count). The zero-order chi connectivity index (χ0) is 18.3. The molecule has 0 amide bonds. The standard InChI is InChI=1S/C17H13F3N4OS/c18-17(19,20)25-12-7-5-11(6-8-12)21-16(26)24-10-9-23-14-4-2-1-3-13(14)22-15(23)24/h1-8H,9-10H2,(H,21,26). The van der Waals surface area contributed by atoms with Crippen molar-refractivity contribution in [2.75, 3.05) is 16.8 Å². The van der Waals surface area contributed by atoms with Gasteiger partial charge < -0.3 is 14.6 Å². The molecule has 1 aliphatic rings. The molecule has 1 aliphatic heterocycles. The van der Waals surface area contributed by atoms with Crippen molar-refractivity contribution in [3.05, 3.63) is 48.5 Å². The van der Waals surface area contributed by atoms with Crippen LogP contribution in [0.4, 0.5) is 24.8 Å². The SMILES string of the molecule is FC(F)(F)Oc1ccc(NC(=S)N2CCn3c2nc2ccccc23)cc1. The normalized spacial score (nSPS) is 13.7. The van der Waals surface area contributed by atoms with E-state index >= 15 is 0 Å². The first-order valence-electron chi connectivity index (χ1n) is 7.80. The predicted octanol–water partition coefficient (Wildman–Crippen LogP) is 4.15. The molecular formula is C17H13F3N4OS. The summed E-state index contributed by atoms with van der Waals surface area (Å²) in [6.45, 7) is 1.43. The van der Waals surface area contributed by atoms with Gasteiger partial charge in [0.25, 0.3) is 0 Å². The monoisotopic (exact) mass is 378 g/mol. The van der Waals surface area contributed by atoms with E-state index in [-0.39, 0.29) is 5.75 Å². The van der Waals surface area contributed by atoms with E-state index in [0.717, 1.165) is 23.5 Å². The Labute approximate surface area is 152 Å². The third kappa shape index (κ3) is 3.17. The molecule has 0 spiro atoms. The highest BCUT2D eigenvalue weighted by atomic mass is 32.1. The van der Waals surface area contributed by atoms with Crippen LogP contribution in [0.3, 0.4) is 0 Å². The number of imidazole rings is 1. The zero-order valence-corrected chi connectivity index (χ0v) is 14.1. The lowest BCUT2D eigenvalue weighted by atomic mass is 10.3. The van der Waals surface area contributed by atoms with Gasteiger partial charge in [-0.3, -0.25) is 4.90 Å². The maximum atomic E-state index is 12.2. The number of para-hydroxylation sites is 2. The molecule has 0 bridgehead atoms. The van der Waals surface area contributed by atoms with Crippen molar-refractivity contribution in [3.63, 3.8) is 0 Å². The van der Waals surface area contributed by atoms with Crippen molar-refractivity contribution in [2.45, 2.75) is 12.9 Å². The van der Waals surface area contributed by atoms with Gasteiger partial charge in [-0.05, 0) is 48.6 Å². The summed E-state index contributed by atoms with van der Waals surface area (Å²) in [5, 5.41) is 3.46. The van der Waals surface area contributed by atoms with Crippen molar-refractivity contribution in [2.24, 2.45) is 0 Å². The lowest BCUT2D eigenvalue weighted by molar-refractivity contribution is -0.274. The van der Waals surface area contributed by atoms with Crippen LogP contribution in [0.15, 0.2) is 48.5 Å². The maximum Gasteiger partial charge on any atom is 0.573 e. The molecule has 0 saturated carbocycles. The van der Waals surface area contributed by atoms with E-state index in [1.54, 1.807) is 0 Å². The summed E-state index contributed by atoms with van der Waals surface area (Å²) in [6.07, 6.45) is -4.71. The van der Waals surface area contributed by atoms with E-state index in [9.17, 15) is 13.2 Å². The van der Waals surface area contributed by atoms with Gasteiger partial charge in [0.15, 0.2) is 5.11 Å². The molecule has 3 aromatic rings. The molecule has 0 saturated heterocycles. The molecule has 2 aromatic carbocycles. The summed E-state index contributed by atoms with van der Waals surface area (Å²) in [5.74, 6) is 0.470. The minimum atomic E-state index is -4.71. The minimum absolute atomic E-state index is 0.281. The summed E-state index contributed by atoms with van der Waals surface area (Å²) >= 11 is 5.45. The zero-order valence-electron chi connectivity index (χ0n) is 13.3. The van der Waals surface area contributed by atoms with Crippen molar-refractivity contribution in [1.82, 2.24) is 9.55 Å². The number of nitrogens with one attached hydrogen (secondary N) is 1. The Morgan fingerprint density at radius 2 is 1.81 bits per heavy atom. The quantitative estimate of drug-likeness (QED) is 0.679. The fourth-order valence-corrected chi connectivity index (χ4v) is 3.20. The van der Waals surface area contributed by atoms with Crippen LogP contribution in [0.2, 0.25) is 0 Å². The van der Waals surface area contributed by atoms with Crippen molar-refractivity contribution >= 4 is 40.0 Å². The molecule has 5 nitrogen and oxygen atoms in total. The van der Waals surface area contributed by atoms with E-state index in [4.69, 9.17) is 12.2 Å². The summed E-state index contributed by atoms with van der Waals surface area (Å²) in [6, 6.07) is 13.3. The van der Waals surface area contributed by atoms with Gasteiger partial charge in [0, 0.05) is 18.8 Å². The number of hydrogen-bond acceptors (Lipinski definition) is 3. The van der Waals surface area contributed by atoms with Gasteiger partial charge >= 0.3 is 6.36 Å². The first kappa shape index (κ1) is 16.6. The highest BCUT2D eigenvalue weighted by molar-refractivity contribution is 7.80. The Hall–Kier alpha value is -2.81. The summed E-state index contributed by atoms with van der Waals surface area (Å²) in [4.78, 5) is 6.48. The largest absolute Gasteiger partial charge is 0.573 e. The lowest BCUT2D eigenvalue weighted by Crippen LogP contribution is -2.33. The second kappa shape index (κ2) is 6.17. The van der Waals surface area contributed by atoms with Crippen LogP contribution in [0, 0.1) is 0 Å². The number of anilines is 2. The number of rotatable bonds is 2. The molecule has 0 fully saturated rings. The van der Waals surface area contributed by atoms with E-state index in [1.807, 2.05) is 29.2 Å². The van der Waals surface area contributed by atoms with Crippen molar-refractivity contribution in [3.8, 4) is 5.75 Å². The molecule has 9 heteroatoms. The van der Waals surface area contributed by atoms with Gasteiger partial charge in [-0.15, -0.1) is 13.2 Å². The number of nitrogens with zero attached hydrogens (tertiary/aromatic N) is 3. The van der Waals surface area contributed by atoms with E-state index in [1.165, 1.54) is 24.3 Å². The van der Waals surface area contributed by atoms with Crippen LogP contribution in [0.5, 0.6) is 5.75 Å². The average Bonchev–Trinajstić information content (AvgIpc) is 3.14. The number of benzene rings is 2. The molecule has 1 aromatic heterocycles. The number of aromatic nitrogens is 2. The smallest absolute Gasteiger partial charge is 0.406 e. The molecule has 0 unspecified atom stereocenters. The topological polar surface area (TPSA) is 42.3 Å². The first-order chi connectivity index (χ1) is 12.4. The van der Waals surface area contributed by atoms with Gasteiger partial charge in [0.1, 0.15) is 5.75 Å². The number of alkyl halides is 3. The first-order valence-corrected chi connectivity index (χ1v) is 8.21. The van der Waals surface area contributed by atoms with E-state index < -0.39 is 6.36 Å². The maximum absolute atomic E-state index is 12.2. The molecule has 0 radical (unpaired) electrons. The highest BCUT2D eigenvalue weighted by Gasteiger charge is 2.31. The molecule has 134 valence electrons. The van der Waals surface area contributed by atoms with Crippen LogP contribution in [-0.4, -0.2) is 27.6 Å². The molecule has 2 heterocycles. The predicted molar refractivity (Wildman–Crippen MR) is 96.4 cm³/mol. The number of ether oxygens (including phenoxy) is 1. The highest BCUT2D eigenvalue weighted by Crippen LogP contribution is 2.28. The molecule has 1 N–H and O–H groups in total. The third-order valence-corrected chi connectivity index (χ3v) is 4.33. The summed E-state index contributed by atoms with van der Waals surface area (Å²) in [5.41, 5.74) is 2.50. The summed E-state index contributed by atoms with van der Waals surface area (Å²) in [7, 11) is 0. The second-order valence-corrected chi connectivity index (χ2v) is 6.09. The molecular weight excluding hydrogens is 365 g/mol. The van der Waals surface area contributed by atoms with Crippen LogP contribution in [0.25, 0.3) is 11.0 Å². The number of thiocarbonyl (C=S) groups is 1. The van der Waals surface area contributed by atoms with Crippen molar-refractivity contribution < 1.29 is 17.9 Å². The number of fused-ring (bicyclic) bond motifs is 3. The van der Waals surface area contributed by atoms with Gasteiger partial charge in [0.2, 0.25) is 5.95 Å². The van der Waals surface area contributed by atoms with Crippen molar-refractivity contribution in [1.29, 1.82) is 0 Å². The van der Waals surface area contributed by atoms with Gasteiger partial charge in [-0.1, -0.05) is 12.1 Å². The minimum Gasteiger partial charge on any atom is -0.406 e. The Balaban J connectivity index is 1.50. The van der Waals surface area contributed by atoms with E-state index in [0.29, 0.717) is 17.3 Å². The Kier molecular flexibility index (Phi) is 3.95.